The van der Waals surface area contributed by atoms with Crippen LogP contribution in [0.3, 0.4) is 0 Å². The Morgan fingerprint density at radius 1 is 1.61 bits per heavy atom. The molecule has 5 heteroatoms. The van der Waals surface area contributed by atoms with Crippen molar-refractivity contribution in [3.8, 4) is 0 Å². The quantitative estimate of drug-likeness (QED) is 0.821. The van der Waals surface area contributed by atoms with Gasteiger partial charge in [0.2, 0.25) is 0 Å². The first kappa shape index (κ1) is 13.4. The number of halogens is 1. The average Bonchev–Trinajstić information content (AvgIpc) is 2.75. The predicted molar refractivity (Wildman–Crippen MR) is 71.6 cm³/mol. The van der Waals surface area contributed by atoms with Gasteiger partial charge in [0.15, 0.2) is 0 Å². The minimum Gasteiger partial charge on any atom is -0.350 e. The smallest absolute Gasteiger partial charge is 0.254 e. The van der Waals surface area contributed by atoms with Gasteiger partial charge in [0.1, 0.15) is 5.82 Å². The minimum absolute atomic E-state index is 0.0585. The first-order chi connectivity index (χ1) is 8.58. The highest BCUT2D eigenvalue weighted by molar-refractivity contribution is 7.80. The lowest BCUT2D eigenvalue weighted by Gasteiger charge is -2.19. The standard InChI is InChI=1S/C13H17FN2OS/c1-16-6-2-3-9(16)8-15-13(17)11-7-10(18)4-5-12(11)14/h4-5,7,9,18H,2-3,6,8H2,1H3,(H,15,17). The van der Waals surface area contributed by atoms with Gasteiger partial charge >= 0.3 is 0 Å². The summed E-state index contributed by atoms with van der Waals surface area (Å²) in [6.45, 7) is 1.62. The Balaban J connectivity index is 1.97. The molecular formula is C13H17FN2OS. The molecule has 1 N–H and O–H groups in total. The lowest BCUT2D eigenvalue weighted by molar-refractivity contribution is 0.0939. The summed E-state index contributed by atoms with van der Waals surface area (Å²) in [5.74, 6) is -0.881. The van der Waals surface area contributed by atoms with Crippen molar-refractivity contribution in [1.82, 2.24) is 10.2 Å². The van der Waals surface area contributed by atoms with Crippen LogP contribution in [0.15, 0.2) is 23.1 Å². The molecule has 1 fully saturated rings. The fourth-order valence-corrected chi connectivity index (χ4v) is 2.43. The molecule has 0 aromatic heterocycles. The second kappa shape index (κ2) is 5.71. The maximum atomic E-state index is 13.5. The normalized spacial score (nSPS) is 20.1. The Hall–Kier alpha value is -1.07. The number of rotatable bonds is 3. The predicted octanol–water partition coefficient (Wildman–Crippen LogP) is 1.94. The van der Waals surface area contributed by atoms with Gasteiger partial charge in [-0.3, -0.25) is 4.79 Å². The second-order valence-corrected chi connectivity index (χ2v) is 5.17. The zero-order valence-corrected chi connectivity index (χ0v) is 11.2. The van der Waals surface area contributed by atoms with Crippen LogP contribution in [-0.4, -0.2) is 37.0 Å². The summed E-state index contributed by atoms with van der Waals surface area (Å²) in [6, 6.07) is 4.60. The lowest BCUT2D eigenvalue weighted by Crippen LogP contribution is -2.38. The third kappa shape index (κ3) is 3.03. The summed E-state index contributed by atoms with van der Waals surface area (Å²) in [5.41, 5.74) is 0.0585. The lowest BCUT2D eigenvalue weighted by atomic mass is 10.2. The van der Waals surface area contributed by atoms with Crippen molar-refractivity contribution in [2.24, 2.45) is 0 Å². The van der Waals surface area contributed by atoms with Gasteiger partial charge in [-0.1, -0.05) is 0 Å². The molecule has 1 aromatic carbocycles. The van der Waals surface area contributed by atoms with E-state index in [4.69, 9.17) is 0 Å². The number of benzene rings is 1. The van der Waals surface area contributed by atoms with Gasteiger partial charge < -0.3 is 10.2 Å². The maximum Gasteiger partial charge on any atom is 0.254 e. The van der Waals surface area contributed by atoms with Crippen LogP contribution in [-0.2, 0) is 0 Å². The highest BCUT2D eigenvalue weighted by atomic mass is 32.1. The van der Waals surface area contributed by atoms with E-state index in [1.165, 1.54) is 18.2 Å². The topological polar surface area (TPSA) is 32.3 Å². The molecule has 1 aliphatic heterocycles. The van der Waals surface area contributed by atoms with Gasteiger partial charge in [-0.05, 0) is 44.6 Å². The van der Waals surface area contributed by atoms with Crippen molar-refractivity contribution in [2.75, 3.05) is 20.1 Å². The third-order valence-corrected chi connectivity index (χ3v) is 3.64. The van der Waals surface area contributed by atoms with Gasteiger partial charge in [0.05, 0.1) is 5.56 Å². The van der Waals surface area contributed by atoms with Crippen LogP contribution in [0.25, 0.3) is 0 Å². The Kier molecular flexibility index (Phi) is 4.24. The fourth-order valence-electron chi connectivity index (χ4n) is 2.23. The van der Waals surface area contributed by atoms with Crippen molar-refractivity contribution in [1.29, 1.82) is 0 Å². The molecule has 0 spiro atoms. The maximum absolute atomic E-state index is 13.5. The molecule has 2 rings (SSSR count). The minimum atomic E-state index is -0.509. The van der Waals surface area contributed by atoms with Gasteiger partial charge in [-0.15, -0.1) is 12.6 Å². The molecule has 98 valence electrons. The van der Waals surface area contributed by atoms with E-state index in [1.807, 2.05) is 7.05 Å². The molecule has 1 aromatic rings. The van der Waals surface area contributed by atoms with E-state index in [2.05, 4.69) is 22.8 Å². The molecule has 3 nitrogen and oxygen atoms in total. The molecule has 0 saturated carbocycles. The Bertz CT molecular complexity index is 453. The molecule has 1 unspecified atom stereocenters. The molecule has 1 heterocycles. The third-order valence-electron chi connectivity index (χ3n) is 3.36. The summed E-state index contributed by atoms with van der Waals surface area (Å²) >= 11 is 4.11. The van der Waals surface area contributed by atoms with Crippen LogP contribution in [0.1, 0.15) is 23.2 Å². The van der Waals surface area contributed by atoms with Crippen LogP contribution in [0.5, 0.6) is 0 Å². The monoisotopic (exact) mass is 268 g/mol. The molecule has 0 radical (unpaired) electrons. The molecule has 0 bridgehead atoms. The summed E-state index contributed by atoms with van der Waals surface area (Å²) < 4.78 is 13.5. The summed E-state index contributed by atoms with van der Waals surface area (Å²) in [7, 11) is 2.04. The molecule has 1 saturated heterocycles. The summed E-state index contributed by atoms with van der Waals surface area (Å²) in [5, 5.41) is 2.78. The van der Waals surface area contributed by atoms with Gasteiger partial charge in [0.25, 0.3) is 5.91 Å². The number of carbonyl (C=O) groups excluding carboxylic acids is 1. The van der Waals surface area contributed by atoms with Gasteiger partial charge in [-0.25, -0.2) is 4.39 Å². The van der Waals surface area contributed by atoms with Crippen LogP contribution in [0.2, 0.25) is 0 Å². The number of thiol groups is 1. The van der Waals surface area contributed by atoms with Crippen molar-refractivity contribution in [3.05, 3.63) is 29.6 Å². The fraction of sp³-hybridized carbons (Fsp3) is 0.462. The van der Waals surface area contributed by atoms with E-state index in [0.29, 0.717) is 17.5 Å². The first-order valence-electron chi connectivity index (χ1n) is 6.05. The van der Waals surface area contributed by atoms with Crippen LogP contribution in [0.4, 0.5) is 4.39 Å². The number of likely N-dealkylation sites (tertiary alicyclic amines) is 1. The van der Waals surface area contributed by atoms with Crippen molar-refractivity contribution >= 4 is 18.5 Å². The Labute approximate surface area is 112 Å². The number of likely N-dealkylation sites (N-methyl/N-ethyl adjacent to an activating group) is 1. The number of amides is 1. The van der Waals surface area contributed by atoms with Crippen molar-refractivity contribution in [2.45, 2.75) is 23.8 Å². The van der Waals surface area contributed by atoms with Crippen LogP contribution < -0.4 is 5.32 Å². The Morgan fingerprint density at radius 2 is 2.39 bits per heavy atom. The highest BCUT2D eigenvalue weighted by Gasteiger charge is 2.21. The first-order valence-corrected chi connectivity index (χ1v) is 6.49. The second-order valence-electron chi connectivity index (χ2n) is 4.65. The molecule has 1 atom stereocenters. The number of hydrogen-bond donors (Lipinski definition) is 2. The van der Waals surface area contributed by atoms with E-state index < -0.39 is 5.82 Å². The molecule has 0 aliphatic carbocycles. The summed E-state index contributed by atoms with van der Waals surface area (Å²) in [6.07, 6.45) is 2.23. The molecule has 1 aliphatic rings. The van der Waals surface area contributed by atoms with Gasteiger partial charge in [-0.2, -0.15) is 0 Å². The average molecular weight is 268 g/mol. The summed E-state index contributed by atoms with van der Waals surface area (Å²) in [4.78, 5) is 14.7. The van der Waals surface area contributed by atoms with Gasteiger partial charge in [0, 0.05) is 17.5 Å². The van der Waals surface area contributed by atoms with Crippen molar-refractivity contribution < 1.29 is 9.18 Å². The van der Waals surface area contributed by atoms with Crippen molar-refractivity contribution in [3.63, 3.8) is 0 Å². The van der Waals surface area contributed by atoms with E-state index >= 15 is 0 Å². The number of nitrogens with one attached hydrogen (secondary N) is 1. The van der Waals surface area contributed by atoms with E-state index in [9.17, 15) is 9.18 Å². The SMILES string of the molecule is CN1CCCC1CNC(=O)c1cc(S)ccc1F. The Morgan fingerprint density at radius 3 is 3.06 bits per heavy atom. The number of nitrogens with zero attached hydrogens (tertiary/aromatic N) is 1. The largest absolute Gasteiger partial charge is 0.350 e. The molecule has 1 amide bonds. The number of carbonyl (C=O) groups is 1. The number of hydrogen-bond acceptors (Lipinski definition) is 3. The molecule has 18 heavy (non-hydrogen) atoms. The van der Waals surface area contributed by atoms with E-state index in [1.54, 1.807) is 0 Å². The van der Waals surface area contributed by atoms with Crippen LogP contribution in [0, 0.1) is 5.82 Å². The zero-order valence-electron chi connectivity index (χ0n) is 10.3. The van der Waals surface area contributed by atoms with Crippen LogP contribution >= 0.6 is 12.6 Å². The van der Waals surface area contributed by atoms with E-state index in [-0.39, 0.29) is 11.5 Å². The molecular weight excluding hydrogens is 251 g/mol. The highest BCUT2D eigenvalue weighted by Crippen LogP contribution is 2.15. The zero-order chi connectivity index (χ0) is 13.1. The van der Waals surface area contributed by atoms with E-state index in [0.717, 1.165) is 19.4 Å².